The van der Waals surface area contributed by atoms with Gasteiger partial charge >= 0.3 is 6.09 Å². The van der Waals surface area contributed by atoms with E-state index in [9.17, 15) is 9.59 Å². The van der Waals surface area contributed by atoms with Gasteiger partial charge in [0.05, 0.1) is 12.2 Å². The van der Waals surface area contributed by atoms with Crippen molar-refractivity contribution >= 4 is 58.5 Å². The van der Waals surface area contributed by atoms with Crippen LogP contribution >= 0.6 is 0 Å². The molecular weight excluding hydrogens is 638 g/mol. The highest BCUT2D eigenvalue weighted by molar-refractivity contribution is 6.19. The first-order valence-corrected chi connectivity index (χ1v) is 15.9. The predicted octanol–water partition coefficient (Wildman–Crippen LogP) is 4.66. The smallest absolute Gasteiger partial charge is 0.407 e. The summed E-state index contributed by atoms with van der Waals surface area (Å²) >= 11 is 0. The van der Waals surface area contributed by atoms with Crippen molar-refractivity contribution in [3.05, 3.63) is 107 Å². The summed E-state index contributed by atoms with van der Waals surface area (Å²) in [5.74, 6) is 1.13. The molecule has 2 aromatic heterocycles. The number of hydrogen-bond donors (Lipinski definition) is 2. The number of aliphatic imine (C=N–C) groups is 2. The summed E-state index contributed by atoms with van der Waals surface area (Å²) in [6, 6.07) is 22.8. The summed E-state index contributed by atoms with van der Waals surface area (Å²) in [6.07, 6.45) is 3.39. The molecule has 252 valence electrons. The number of hydrogen-bond acceptors (Lipinski definition) is 12. The number of alkyl carbamates (subject to hydrolysis) is 1. The van der Waals surface area contributed by atoms with Gasteiger partial charge in [-0.1, -0.05) is 54.6 Å². The molecule has 50 heavy (non-hydrogen) atoms. The maximum atomic E-state index is 12.8. The lowest BCUT2D eigenvalue weighted by molar-refractivity contribution is -0.121. The third-order valence-corrected chi connectivity index (χ3v) is 8.13. The number of carbonyl (C=O) groups excluding carboxylic acids is 2. The van der Waals surface area contributed by atoms with Gasteiger partial charge in [0.15, 0.2) is 5.58 Å². The number of nitrogen functional groups attached to an aromatic ring is 1. The van der Waals surface area contributed by atoms with Gasteiger partial charge < -0.3 is 29.8 Å². The maximum Gasteiger partial charge on any atom is 0.407 e. The zero-order valence-electron chi connectivity index (χ0n) is 27.4. The minimum atomic E-state index is -0.518. The van der Waals surface area contributed by atoms with Crippen LogP contribution in [-0.4, -0.2) is 71.1 Å². The third-order valence-electron chi connectivity index (χ3n) is 8.13. The second-order valence-electron chi connectivity index (χ2n) is 11.6. The molecule has 14 heteroatoms. The number of amides is 2. The molecule has 2 aliphatic rings. The van der Waals surface area contributed by atoms with E-state index in [1.165, 1.54) is 4.90 Å². The summed E-state index contributed by atoms with van der Waals surface area (Å²) < 4.78 is 17.2. The van der Waals surface area contributed by atoms with Gasteiger partial charge in [0.1, 0.15) is 36.0 Å². The van der Waals surface area contributed by atoms with Crippen LogP contribution in [0.15, 0.2) is 92.9 Å². The zero-order valence-corrected chi connectivity index (χ0v) is 27.4. The number of ether oxygens (including phenoxy) is 2. The van der Waals surface area contributed by atoms with Crippen LogP contribution < -0.4 is 20.7 Å². The van der Waals surface area contributed by atoms with E-state index in [-0.39, 0.29) is 36.7 Å². The first-order chi connectivity index (χ1) is 24.3. The van der Waals surface area contributed by atoms with Gasteiger partial charge in [0.25, 0.3) is 5.91 Å². The summed E-state index contributed by atoms with van der Waals surface area (Å²) in [7, 11) is 3.58. The third kappa shape index (κ3) is 6.99. The topological polar surface area (TPSA) is 174 Å². The second kappa shape index (κ2) is 13.9. The maximum absolute atomic E-state index is 12.8. The van der Waals surface area contributed by atoms with Gasteiger partial charge in [-0.15, -0.1) is 0 Å². The molecule has 5 aromatic rings. The van der Waals surface area contributed by atoms with Crippen LogP contribution in [0.25, 0.3) is 17.2 Å². The standard InChI is InChI=1S/C36H33N9O5/c1-44(25-12-13-26-29(18-25)50-30(40-26)19-28-34(46)45(2)32(41-28)24-6-4-3-5-7-24)16-17-48-36(47)39-20-22-8-10-23(11-9-22)21-49-33-31-27(14-15-38-31)42-35(37)43-33/h3-13,15,18-19H,14,16-17,20-21H2,1-2H3,(H,39,47)(H2,37,42,43)/b28-19+. The van der Waals surface area contributed by atoms with Crippen LogP contribution in [0.5, 0.6) is 5.88 Å². The van der Waals surface area contributed by atoms with Crippen molar-refractivity contribution in [2.75, 3.05) is 37.9 Å². The molecule has 3 aromatic carbocycles. The zero-order chi connectivity index (χ0) is 34.6. The molecular formula is C36H33N9O5. The van der Waals surface area contributed by atoms with E-state index in [2.05, 4.69) is 30.3 Å². The number of nitrogens with zero attached hydrogens (tertiary/aromatic N) is 7. The number of nitrogens with two attached hydrogens (primary N) is 1. The Bertz CT molecular complexity index is 2160. The highest BCUT2D eigenvalue weighted by Crippen LogP contribution is 2.33. The number of anilines is 2. The Balaban J connectivity index is 0.876. The normalized spacial score (nSPS) is 14.3. The molecule has 0 atom stereocenters. The lowest BCUT2D eigenvalue weighted by Crippen LogP contribution is -2.28. The number of rotatable bonds is 11. The summed E-state index contributed by atoms with van der Waals surface area (Å²) in [4.78, 5) is 50.3. The van der Waals surface area contributed by atoms with Crippen LogP contribution in [0.1, 0.15) is 28.3 Å². The number of nitrogens with one attached hydrogen (secondary N) is 1. The fourth-order valence-electron chi connectivity index (χ4n) is 5.42. The molecule has 0 unspecified atom stereocenters. The number of likely N-dealkylation sites (N-methyl/N-ethyl adjacent to an activating group) is 2. The van der Waals surface area contributed by atoms with Gasteiger partial charge in [0.2, 0.25) is 17.7 Å². The van der Waals surface area contributed by atoms with Gasteiger partial charge in [-0.25, -0.2) is 19.8 Å². The number of amidine groups is 1. The summed E-state index contributed by atoms with van der Waals surface area (Å²) in [5, 5.41) is 2.78. The van der Waals surface area contributed by atoms with Crippen LogP contribution in [-0.2, 0) is 29.1 Å². The first kappa shape index (κ1) is 32.0. The average molecular weight is 672 g/mol. The Hall–Kier alpha value is -6.57. The Kier molecular flexibility index (Phi) is 8.88. The molecule has 0 saturated heterocycles. The Labute approximate surface area is 287 Å². The monoisotopic (exact) mass is 671 g/mol. The molecule has 3 N–H and O–H groups in total. The summed E-state index contributed by atoms with van der Waals surface area (Å²) in [5.41, 5.74) is 12.1. The Morgan fingerprint density at radius 3 is 2.68 bits per heavy atom. The highest BCUT2D eigenvalue weighted by Gasteiger charge is 2.28. The Morgan fingerprint density at radius 1 is 1.06 bits per heavy atom. The minimum absolute atomic E-state index is 0.155. The van der Waals surface area contributed by atoms with Crippen molar-refractivity contribution < 1.29 is 23.5 Å². The number of oxazole rings is 1. The molecule has 0 saturated carbocycles. The molecule has 0 aliphatic carbocycles. The molecule has 0 spiro atoms. The van der Waals surface area contributed by atoms with Crippen LogP contribution in [0.3, 0.4) is 0 Å². The molecule has 7 rings (SSSR count). The summed E-state index contributed by atoms with van der Waals surface area (Å²) in [6.45, 7) is 1.21. The molecule has 4 heterocycles. The number of carbonyl (C=O) groups is 2. The second-order valence-corrected chi connectivity index (χ2v) is 11.6. The lowest BCUT2D eigenvalue weighted by atomic mass is 10.1. The lowest BCUT2D eigenvalue weighted by Gasteiger charge is -2.19. The minimum Gasteiger partial charge on any atom is -0.471 e. The molecule has 0 radical (unpaired) electrons. The SMILES string of the molecule is CN1C(=O)/C(=C\c2nc3ccc(N(C)CCOC(=O)NCc4ccc(COc5nc(N)nc6c5N=CC6)cc4)cc3o2)N=C1c1ccccc1. The fraction of sp³-hybridized carbons (Fsp3) is 0.194. The molecule has 0 bridgehead atoms. The number of fused-ring (bicyclic) bond motifs is 2. The van der Waals surface area contributed by atoms with Gasteiger partial charge in [-0.2, -0.15) is 4.98 Å². The average Bonchev–Trinajstić information content (AvgIpc) is 3.84. The van der Waals surface area contributed by atoms with Crippen molar-refractivity contribution in [2.24, 2.45) is 9.98 Å². The number of benzene rings is 3. The van der Waals surface area contributed by atoms with Gasteiger partial charge in [0, 0.05) is 56.7 Å². The van der Waals surface area contributed by atoms with Crippen LogP contribution in [0, 0.1) is 0 Å². The molecule has 2 amide bonds. The van der Waals surface area contributed by atoms with E-state index < -0.39 is 6.09 Å². The van der Waals surface area contributed by atoms with Crippen molar-refractivity contribution in [3.8, 4) is 5.88 Å². The molecule has 14 nitrogen and oxygen atoms in total. The van der Waals surface area contributed by atoms with E-state index in [4.69, 9.17) is 19.6 Å². The van der Waals surface area contributed by atoms with E-state index in [1.54, 1.807) is 19.3 Å². The van der Waals surface area contributed by atoms with E-state index >= 15 is 0 Å². The largest absolute Gasteiger partial charge is 0.471 e. The Morgan fingerprint density at radius 2 is 1.86 bits per heavy atom. The molecule has 0 fully saturated rings. The highest BCUT2D eigenvalue weighted by atomic mass is 16.5. The van der Waals surface area contributed by atoms with Crippen LogP contribution in [0.2, 0.25) is 0 Å². The van der Waals surface area contributed by atoms with Crippen molar-refractivity contribution in [3.63, 3.8) is 0 Å². The van der Waals surface area contributed by atoms with Crippen molar-refractivity contribution in [1.82, 2.24) is 25.2 Å². The van der Waals surface area contributed by atoms with Gasteiger partial charge in [-0.3, -0.25) is 14.7 Å². The fourth-order valence-corrected chi connectivity index (χ4v) is 5.42. The van der Waals surface area contributed by atoms with Crippen molar-refractivity contribution in [2.45, 2.75) is 19.6 Å². The van der Waals surface area contributed by atoms with Gasteiger partial charge in [-0.05, 0) is 23.3 Å². The predicted molar refractivity (Wildman–Crippen MR) is 188 cm³/mol. The van der Waals surface area contributed by atoms with E-state index in [1.807, 2.05) is 84.7 Å². The van der Waals surface area contributed by atoms with Crippen molar-refractivity contribution in [1.29, 1.82) is 0 Å². The van der Waals surface area contributed by atoms with Crippen LogP contribution in [0.4, 0.5) is 22.1 Å². The number of aromatic nitrogens is 3. The van der Waals surface area contributed by atoms with E-state index in [0.717, 1.165) is 28.1 Å². The quantitative estimate of drug-likeness (QED) is 0.188. The van der Waals surface area contributed by atoms with E-state index in [0.29, 0.717) is 48.0 Å². The molecule has 2 aliphatic heterocycles. The first-order valence-electron chi connectivity index (χ1n) is 15.9.